The van der Waals surface area contributed by atoms with Gasteiger partial charge in [0.2, 0.25) is 5.91 Å². The van der Waals surface area contributed by atoms with Gasteiger partial charge in [-0.3, -0.25) is 13.9 Å². The fraction of sp³-hybridized carbons (Fsp3) is 0.353. The summed E-state index contributed by atoms with van der Waals surface area (Å²) in [6, 6.07) is 5.54. The number of likely N-dealkylation sites (tertiary alicyclic amines) is 1. The zero-order valence-electron chi connectivity index (χ0n) is 14.1. The van der Waals surface area contributed by atoms with E-state index in [9.17, 15) is 19.1 Å². The number of alkyl halides is 1. The first-order valence-corrected chi connectivity index (χ1v) is 8.96. The maximum absolute atomic E-state index is 13.0. The SMILES string of the molecule is Cn1c(=O)n(CC(=O)N2CC(F)C2)c2cc(-c3ccc(CO)s3)cnc21. The molecular weight excluding hydrogens is 359 g/mol. The lowest BCUT2D eigenvalue weighted by atomic mass is 10.2. The molecule has 1 aliphatic rings. The van der Waals surface area contributed by atoms with Gasteiger partial charge in [0.05, 0.1) is 25.2 Å². The van der Waals surface area contributed by atoms with E-state index in [1.165, 1.54) is 25.4 Å². The molecule has 0 atom stereocenters. The molecule has 0 aliphatic carbocycles. The highest BCUT2D eigenvalue weighted by Crippen LogP contribution is 2.29. The molecule has 9 heteroatoms. The summed E-state index contributed by atoms with van der Waals surface area (Å²) in [7, 11) is 1.61. The highest BCUT2D eigenvalue weighted by molar-refractivity contribution is 7.15. The summed E-state index contributed by atoms with van der Waals surface area (Å²) in [5.41, 5.74) is 1.51. The smallest absolute Gasteiger partial charge is 0.330 e. The molecule has 1 amide bonds. The van der Waals surface area contributed by atoms with Crippen molar-refractivity contribution in [2.75, 3.05) is 13.1 Å². The van der Waals surface area contributed by atoms with Crippen LogP contribution in [0.2, 0.25) is 0 Å². The normalized spacial score (nSPS) is 14.8. The fourth-order valence-corrected chi connectivity index (χ4v) is 3.90. The predicted octanol–water partition coefficient (Wildman–Crippen LogP) is 1.14. The van der Waals surface area contributed by atoms with E-state index in [1.54, 1.807) is 13.2 Å². The van der Waals surface area contributed by atoms with E-state index in [4.69, 9.17) is 0 Å². The van der Waals surface area contributed by atoms with Crippen LogP contribution < -0.4 is 5.69 Å². The number of rotatable bonds is 4. The molecule has 0 aromatic carbocycles. The van der Waals surface area contributed by atoms with E-state index in [0.29, 0.717) is 11.2 Å². The van der Waals surface area contributed by atoms with Crippen LogP contribution in [0.3, 0.4) is 0 Å². The lowest BCUT2D eigenvalue weighted by Gasteiger charge is -2.34. The summed E-state index contributed by atoms with van der Waals surface area (Å²) in [4.78, 5) is 32.3. The standard InChI is InChI=1S/C17H17FN4O3S/c1-20-16-13(4-10(5-19-16)14-3-2-12(9-23)26-14)22(17(20)25)8-15(24)21-6-11(18)7-21/h2-5,11,23H,6-9H2,1H3. The molecule has 1 saturated heterocycles. The van der Waals surface area contributed by atoms with Crippen molar-refractivity contribution in [3.8, 4) is 10.4 Å². The zero-order valence-corrected chi connectivity index (χ0v) is 14.9. The monoisotopic (exact) mass is 376 g/mol. The molecule has 1 fully saturated rings. The molecule has 26 heavy (non-hydrogen) atoms. The lowest BCUT2D eigenvalue weighted by Crippen LogP contribution is -2.52. The van der Waals surface area contributed by atoms with E-state index >= 15 is 0 Å². The Bertz CT molecular complexity index is 1050. The highest BCUT2D eigenvalue weighted by atomic mass is 32.1. The Morgan fingerprint density at radius 1 is 1.42 bits per heavy atom. The van der Waals surface area contributed by atoms with Crippen molar-refractivity contribution in [3.63, 3.8) is 0 Å². The minimum Gasteiger partial charge on any atom is -0.391 e. The first kappa shape index (κ1) is 16.9. The Morgan fingerprint density at radius 3 is 2.85 bits per heavy atom. The van der Waals surface area contributed by atoms with Gasteiger partial charge in [0.25, 0.3) is 0 Å². The molecule has 0 radical (unpaired) electrons. The maximum atomic E-state index is 13.0. The molecule has 136 valence electrons. The van der Waals surface area contributed by atoms with Crippen molar-refractivity contribution in [1.29, 1.82) is 0 Å². The van der Waals surface area contributed by atoms with Gasteiger partial charge in [-0.1, -0.05) is 0 Å². The van der Waals surface area contributed by atoms with Crippen LogP contribution in [-0.2, 0) is 25.0 Å². The Balaban J connectivity index is 1.74. The number of fused-ring (bicyclic) bond motifs is 1. The van der Waals surface area contributed by atoms with E-state index in [1.807, 2.05) is 18.2 Å². The summed E-state index contributed by atoms with van der Waals surface area (Å²) in [5.74, 6) is -0.280. The molecule has 0 unspecified atom stereocenters. The van der Waals surface area contributed by atoms with Crippen LogP contribution in [0.4, 0.5) is 4.39 Å². The van der Waals surface area contributed by atoms with E-state index in [2.05, 4.69) is 4.98 Å². The second kappa shape index (κ2) is 6.33. The molecule has 3 aromatic rings. The Hall–Kier alpha value is -2.52. The number of aliphatic hydroxyl groups excluding tert-OH is 1. The molecule has 0 spiro atoms. The van der Waals surface area contributed by atoms with Crippen molar-refractivity contribution < 1.29 is 14.3 Å². The van der Waals surface area contributed by atoms with Crippen LogP contribution in [-0.4, -0.2) is 49.3 Å². The van der Waals surface area contributed by atoms with Gasteiger partial charge in [-0.2, -0.15) is 0 Å². The number of pyridine rings is 1. The maximum Gasteiger partial charge on any atom is 0.330 e. The van der Waals surface area contributed by atoms with Crippen LogP contribution in [0.25, 0.3) is 21.6 Å². The minimum atomic E-state index is -0.976. The zero-order chi connectivity index (χ0) is 18.4. The second-order valence-electron chi connectivity index (χ2n) is 6.31. The third-order valence-corrected chi connectivity index (χ3v) is 5.68. The number of carbonyl (C=O) groups is 1. The van der Waals surface area contributed by atoms with Gasteiger partial charge in [0, 0.05) is 28.6 Å². The molecular formula is C17H17FN4O3S. The van der Waals surface area contributed by atoms with Gasteiger partial charge in [0.15, 0.2) is 5.65 Å². The Kier molecular flexibility index (Phi) is 4.12. The number of thiophene rings is 1. The number of imidazole rings is 1. The number of hydrogen-bond acceptors (Lipinski definition) is 5. The Morgan fingerprint density at radius 2 is 2.19 bits per heavy atom. The van der Waals surface area contributed by atoms with E-state index in [0.717, 1.165) is 15.3 Å². The first-order chi connectivity index (χ1) is 12.5. The van der Waals surface area contributed by atoms with Crippen molar-refractivity contribution in [1.82, 2.24) is 19.0 Å². The van der Waals surface area contributed by atoms with Crippen LogP contribution in [0, 0.1) is 0 Å². The molecule has 4 rings (SSSR count). The number of aryl methyl sites for hydroxylation is 1. The average molecular weight is 376 g/mol. The molecule has 7 nitrogen and oxygen atoms in total. The number of amides is 1. The molecule has 1 aliphatic heterocycles. The van der Waals surface area contributed by atoms with Crippen LogP contribution in [0.15, 0.2) is 29.2 Å². The van der Waals surface area contributed by atoms with Crippen molar-refractivity contribution >= 4 is 28.4 Å². The first-order valence-electron chi connectivity index (χ1n) is 8.15. The largest absolute Gasteiger partial charge is 0.391 e. The second-order valence-corrected chi connectivity index (χ2v) is 7.48. The van der Waals surface area contributed by atoms with Gasteiger partial charge in [-0.15, -0.1) is 11.3 Å². The van der Waals surface area contributed by atoms with Gasteiger partial charge in [-0.05, 0) is 18.2 Å². The number of halogens is 1. The minimum absolute atomic E-state index is 0.0315. The summed E-state index contributed by atoms with van der Waals surface area (Å²) in [6.07, 6.45) is 0.695. The number of carbonyl (C=O) groups excluding carboxylic acids is 1. The van der Waals surface area contributed by atoms with Crippen molar-refractivity contribution in [3.05, 3.63) is 39.8 Å². The van der Waals surface area contributed by atoms with Gasteiger partial charge in [-0.25, -0.2) is 14.2 Å². The molecule has 3 aromatic heterocycles. The molecule has 0 saturated carbocycles. The average Bonchev–Trinajstić information content (AvgIpc) is 3.18. The summed E-state index contributed by atoms with van der Waals surface area (Å²) in [5, 5.41) is 9.23. The quantitative estimate of drug-likeness (QED) is 0.740. The predicted molar refractivity (Wildman–Crippen MR) is 95.7 cm³/mol. The van der Waals surface area contributed by atoms with Gasteiger partial charge < -0.3 is 10.0 Å². The van der Waals surface area contributed by atoms with Gasteiger partial charge >= 0.3 is 5.69 Å². The number of aromatic nitrogens is 3. The number of nitrogens with zero attached hydrogens (tertiary/aromatic N) is 4. The van der Waals surface area contributed by atoms with E-state index < -0.39 is 6.17 Å². The highest BCUT2D eigenvalue weighted by Gasteiger charge is 2.31. The number of hydrogen-bond donors (Lipinski definition) is 1. The Labute approximate surface area is 151 Å². The fourth-order valence-electron chi connectivity index (χ4n) is 3.05. The van der Waals surface area contributed by atoms with Crippen LogP contribution in [0.5, 0.6) is 0 Å². The summed E-state index contributed by atoms with van der Waals surface area (Å²) >= 11 is 1.44. The molecule has 4 heterocycles. The number of aliphatic hydroxyl groups is 1. The van der Waals surface area contributed by atoms with Gasteiger partial charge in [0.1, 0.15) is 12.7 Å². The summed E-state index contributed by atoms with van der Waals surface area (Å²) in [6.45, 7) is -0.00138. The van der Waals surface area contributed by atoms with Crippen LogP contribution >= 0.6 is 11.3 Å². The summed E-state index contributed by atoms with van der Waals surface area (Å²) < 4.78 is 15.8. The van der Waals surface area contributed by atoms with E-state index in [-0.39, 0.29) is 37.8 Å². The van der Waals surface area contributed by atoms with Crippen molar-refractivity contribution in [2.45, 2.75) is 19.3 Å². The van der Waals surface area contributed by atoms with Crippen LogP contribution in [0.1, 0.15) is 4.88 Å². The third-order valence-electron chi connectivity index (χ3n) is 4.56. The molecule has 0 bridgehead atoms. The third kappa shape index (κ3) is 2.73. The molecule has 1 N–H and O–H groups in total. The lowest BCUT2D eigenvalue weighted by molar-refractivity contribution is -0.138. The topological polar surface area (TPSA) is 80.4 Å². The van der Waals surface area contributed by atoms with Crippen molar-refractivity contribution in [2.24, 2.45) is 7.05 Å².